The summed E-state index contributed by atoms with van der Waals surface area (Å²) in [6, 6.07) is 0.410. The maximum atomic E-state index is 12.2. The predicted molar refractivity (Wildman–Crippen MR) is 72.2 cm³/mol. The summed E-state index contributed by atoms with van der Waals surface area (Å²) in [5.41, 5.74) is 0. The third-order valence-corrected chi connectivity index (χ3v) is 4.63. The fourth-order valence-electron chi connectivity index (χ4n) is 3.56. The molecule has 1 saturated carbocycles. The lowest BCUT2D eigenvalue weighted by atomic mass is 10.0. The Morgan fingerprint density at radius 3 is 2.61 bits per heavy atom. The minimum absolute atomic E-state index is 0.251. The van der Waals surface area contributed by atoms with E-state index in [-0.39, 0.29) is 6.61 Å². The van der Waals surface area contributed by atoms with Crippen LogP contribution in [0.2, 0.25) is 0 Å². The van der Waals surface area contributed by atoms with Gasteiger partial charge < -0.3 is 10.0 Å². The zero-order chi connectivity index (χ0) is 12.8. The number of amides is 1. The second kappa shape index (κ2) is 7.13. The van der Waals surface area contributed by atoms with Crippen molar-refractivity contribution in [2.75, 3.05) is 13.2 Å². The van der Waals surface area contributed by atoms with E-state index in [1.54, 1.807) is 0 Å². The largest absolute Gasteiger partial charge is 0.396 e. The van der Waals surface area contributed by atoms with Crippen molar-refractivity contribution in [3.05, 3.63) is 0 Å². The number of rotatable bonds is 6. The number of likely N-dealkylation sites (tertiary alicyclic amines) is 1. The molecular formula is C15H27NO2. The maximum Gasteiger partial charge on any atom is 0.222 e. The van der Waals surface area contributed by atoms with E-state index in [2.05, 4.69) is 4.90 Å². The molecule has 0 spiro atoms. The highest BCUT2D eigenvalue weighted by Crippen LogP contribution is 2.29. The molecule has 0 radical (unpaired) electrons. The smallest absolute Gasteiger partial charge is 0.222 e. The van der Waals surface area contributed by atoms with E-state index in [0.29, 0.717) is 11.9 Å². The molecule has 2 rings (SSSR count). The van der Waals surface area contributed by atoms with Crippen LogP contribution >= 0.6 is 0 Å². The molecule has 0 aromatic carbocycles. The molecule has 1 N–H and O–H groups in total. The number of carbonyl (C=O) groups is 1. The quantitative estimate of drug-likeness (QED) is 0.790. The van der Waals surface area contributed by atoms with Gasteiger partial charge in [-0.05, 0) is 38.0 Å². The summed E-state index contributed by atoms with van der Waals surface area (Å²) in [4.78, 5) is 14.3. The van der Waals surface area contributed by atoms with Gasteiger partial charge in [0.25, 0.3) is 0 Å². The summed E-state index contributed by atoms with van der Waals surface area (Å²) in [7, 11) is 0. The van der Waals surface area contributed by atoms with E-state index >= 15 is 0 Å². The third-order valence-electron chi connectivity index (χ3n) is 4.63. The normalized spacial score (nSPS) is 24.9. The van der Waals surface area contributed by atoms with Gasteiger partial charge in [0.1, 0.15) is 0 Å². The van der Waals surface area contributed by atoms with Crippen molar-refractivity contribution in [3.63, 3.8) is 0 Å². The molecule has 18 heavy (non-hydrogen) atoms. The lowest BCUT2D eigenvalue weighted by Crippen LogP contribution is -2.35. The van der Waals surface area contributed by atoms with Gasteiger partial charge in [-0.25, -0.2) is 0 Å². The van der Waals surface area contributed by atoms with E-state index < -0.39 is 0 Å². The second-order valence-corrected chi connectivity index (χ2v) is 5.94. The fourth-order valence-corrected chi connectivity index (χ4v) is 3.56. The van der Waals surface area contributed by atoms with Crippen LogP contribution in [0.25, 0.3) is 0 Å². The standard InChI is InChI=1S/C15H27NO2/c17-12-4-8-14-7-3-11-16(14)15(18)10-9-13-5-1-2-6-13/h13-14,17H,1-12H2. The second-order valence-electron chi connectivity index (χ2n) is 5.94. The van der Waals surface area contributed by atoms with Gasteiger partial charge in [0.2, 0.25) is 5.91 Å². The lowest BCUT2D eigenvalue weighted by Gasteiger charge is -2.25. The number of aliphatic hydroxyl groups excluding tert-OH is 1. The Morgan fingerprint density at radius 1 is 1.11 bits per heavy atom. The van der Waals surface area contributed by atoms with E-state index in [9.17, 15) is 4.79 Å². The van der Waals surface area contributed by atoms with Gasteiger partial charge >= 0.3 is 0 Å². The Kier molecular flexibility index (Phi) is 5.48. The Balaban J connectivity index is 1.72. The molecule has 1 heterocycles. The molecule has 0 aromatic heterocycles. The van der Waals surface area contributed by atoms with Gasteiger partial charge in [0.15, 0.2) is 0 Å². The van der Waals surface area contributed by atoms with E-state index in [1.807, 2.05) is 0 Å². The van der Waals surface area contributed by atoms with Gasteiger partial charge in [0, 0.05) is 25.6 Å². The first-order valence-electron chi connectivity index (χ1n) is 7.71. The van der Waals surface area contributed by atoms with Crippen LogP contribution in [0.4, 0.5) is 0 Å². The average Bonchev–Trinajstić information content (AvgIpc) is 3.04. The van der Waals surface area contributed by atoms with Crippen molar-refractivity contribution in [1.82, 2.24) is 4.90 Å². The van der Waals surface area contributed by atoms with Gasteiger partial charge in [-0.15, -0.1) is 0 Å². The molecule has 1 aliphatic carbocycles. The molecule has 2 aliphatic rings. The minimum atomic E-state index is 0.251. The van der Waals surface area contributed by atoms with Crippen molar-refractivity contribution >= 4 is 5.91 Å². The van der Waals surface area contributed by atoms with Crippen molar-refractivity contribution in [2.45, 2.75) is 70.3 Å². The van der Waals surface area contributed by atoms with E-state index in [0.717, 1.165) is 51.0 Å². The summed E-state index contributed by atoms with van der Waals surface area (Å²) in [5.74, 6) is 1.18. The minimum Gasteiger partial charge on any atom is -0.396 e. The average molecular weight is 253 g/mol. The van der Waals surface area contributed by atoms with Crippen molar-refractivity contribution in [3.8, 4) is 0 Å². The summed E-state index contributed by atoms with van der Waals surface area (Å²) in [6.45, 7) is 1.19. The topological polar surface area (TPSA) is 40.5 Å². The Hall–Kier alpha value is -0.570. The number of carbonyl (C=O) groups excluding carboxylic acids is 1. The first-order valence-corrected chi connectivity index (χ1v) is 7.71. The molecule has 3 nitrogen and oxygen atoms in total. The highest BCUT2D eigenvalue weighted by Gasteiger charge is 2.28. The Bertz CT molecular complexity index is 261. The number of hydrogen-bond donors (Lipinski definition) is 1. The van der Waals surface area contributed by atoms with Crippen LogP contribution in [0.5, 0.6) is 0 Å². The first kappa shape index (κ1) is 13.9. The third kappa shape index (κ3) is 3.71. The molecular weight excluding hydrogens is 226 g/mol. The van der Waals surface area contributed by atoms with Crippen molar-refractivity contribution < 1.29 is 9.90 Å². The molecule has 1 saturated heterocycles. The molecule has 0 aromatic rings. The van der Waals surface area contributed by atoms with Gasteiger partial charge in [0.05, 0.1) is 0 Å². The molecule has 1 aliphatic heterocycles. The van der Waals surface area contributed by atoms with Crippen LogP contribution < -0.4 is 0 Å². The maximum absolute atomic E-state index is 12.2. The van der Waals surface area contributed by atoms with Crippen LogP contribution in [0.1, 0.15) is 64.2 Å². The zero-order valence-electron chi connectivity index (χ0n) is 11.4. The summed E-state index contributed by atoms with van der Waals surface area (Å²) in [6.07, 6.45) is 11.3. The van der Waals surface area contributed by atoms with Gasteiger partial charge in [-0.1, -0.05) is 25.7 Å². The number of nitrogens with zero attached hydrogens (tertiary/aromatic N) is 1. The van der Waals surface area contributed by atoms with Crippen LogP contribution in [-0.2, 0) is 4.79 Å². The number of hydrogen-bond acceptors (Lipinski definition) is 2. The lowest BCUT2D eigenvalue weighted by molar-refractivity contribution is -0.132. The molecule has 0 bridgehead atoms. The number of aliphatic hydroxyl groups is 1. The van der Waals surface area contributed by atoms with Crippen LogP contribution in [0, 0.1) is 5.92 Å². The predicted octanol–water partition coefficient (Wildman–Crippen LogP) is 2.72. The van der Waals surface area contributed by atoms with Crippen LogP contribution in [0.3, 0.4) is 0 Å². The van der Waals surface area contributed by atoms with Crippen molar-refractivity contribution in [2.24, 2.45) is 5.92 Å². The molecule has 3 heteroatoms. The van der Waals surface area contributed by atoms with E-state index in [1.165, 1.54) is 25.7 Å². The molecule has 1 amide bonds. The van der Waals surface area contributed by atoms with Gasteiger partial charge in [-0.3, -0.25) is 4.79 Å². The monoisotopic (exact) mass is 253 g/mol. The summed E-state index contributed by atoms with van der Waals surface area (Å²) < 4.78 is 0. The SMILES string of the molecule is O=C(CCC1CCCC1)N1CCCC1CCCO. The summed E-state index contributed by atoms with van der Waals surface area (Å²) >= 11 is 0. The summed E-state index contributed by atoms with van der Waals surface area (Å²) in [5, 5.41) is 8.89. The van der Waals surface area contributed by atoms with Crippen molar-refractivity contribution in [1.29, 1.82) is 0 Å². The highest BCUT2D eigenvalue weighted by molar-refractivity contribution is 5.76. The highest BCUT2D eigenvalue weighted by atomic mass is 16.3. The van der Waals surface area contributed by atoms with Crippen LogP contribution in [-0.4, -0.2) is 35.1 Å². The zero-order valence-corrected chi connectivity index (χ0v) is 11.4. The molecule has 104 valence electrons. The molecule has 1 unspecified atom stereocenters. The first-order chi connectivity index (χ1) is 8.81. The van der Waals surface area contributed by atoms with Gasteiger partial charge in [-0.2, -0.15) is 0 Å². The molecule has 1 atom stereocenters. The Labute approximate surface area is 111 Å². The fraction of sp³-hybridized carbons (Fsp3) is 0.933. The molecule has 2 fully saturated rings. The Morgan fingerprint density at radius 2 is 1.89 bits per heavy atom. The van der Waals surface area contributed by atoms with E-state index in [4.69, 9.17) is 5.11 Å². The van der Waals surface area contributed by atoms with Crippen LogP contribution in [0.15, 0.2) is 0 Å².